The summed E-state index contributed by atoms with van der Waals surface area (Å²) >= 11 is 1.60. The zero-order valence-electron chi connectivity index (χ0n) is 15.0. The van der Waals surface area contributed by atoms with Crippen LogP contribution in [0.5, 0.6) is 0 Å². The summed E-state index contributed by atoms with van der Waals surface area (Å²) in [7, 11) is 0. The summed E-state index contributed by atoms with van der Waals surface area (Å²) in [6, 6.07) is 19.2. The minimum atomic E-state index is -0.387. The third kappa shape index (κ3) is 3.74. The van der Waals surface area contributed by atoms with E-state index in [0.717, 1.165) is 16.3 Å². The van der Waals surface area contributed by atoms with E-state index in [1.807, 2.05) is 54.8 Å². The fraction of sp³-hybridized carbons (Fsp3) is 0.0476. The van der Waals surface area contributed by atoms with Gasteiger partial charge in [-0.15, -0.1) is 11.3 Å². The summed E-state index contributed by atoms with van der Waals surface area (Å²) in [5.41, 5.74) is 2.99. The highest BCUT2D eigenvalue weighted by molar-refractivity contribution is 7.09. The van der Waals surface area contributed by atoms with E-state index in [1.54, 1.807) is 23.5 Å². The predicted octanol–water partition coefficient (Wildman–Crippen LogP) is 3.92. The molecule has 2 aromatic heterocycles. The Bertz CT molecular complexity index is 1180. The number of benzene rings is 2. The first kappa shape index (κ1) is 17.8. The molecular formula is C21H16N4O2S. The van der Waals surface area contributed by atoms with E-state index in [-0.39, 0.29) is 17.2 Å². The van der Waals surface area contributed by atoms with Gasteiger partial charge in [0.2, 0.25) is 0 Å². The normalized spacial score (nSPS) is 10.6. The fourth-order valence-corrected chi connectivity index (χ4v) is 3.32. The van der Waals surface area contributed by atoms with E-state index in [9.17, 15) is 9.59 Å². The number of nitrogens with one attached hydrogen (secondary N) is 1. The average Bonchev–Trinajstić information content (AvgIpc) is 3.16. The minimum Gasteiger partial charge on any atom is -0.321 e. The molecule has 7 heteroatoms. The molecule has 0 unspecified atom stereocenters. The van der Waals surface area contributed by atoms with Gasteiger partial charge in [-0.2, -0.15) is 9.78 Å². The van der Waals surface area contributed by atoms with E-state index in [4.69, 9.17) is 0 Å². The Morgan fingerprint density at radius 2 is 1.75 bits per heavy atom. The van der Waals surface area contributed by atoms with Crippen LogP contribution in [0.15, 0.2) is 76.9 Å². The van der Waals surface area contributed by atoms with Crippen molar-refractivity contribution in [3.05, 3.63) is 93.2 Å². The van der Waals surface area contributed by atoms with E-state index in [1.165, 1.54) is 16.8 Å². The molecule has 0 aliphatic heterocycles. The van der Waals surface area contributed by atoms with E-state index < -0.39 is 0 Å². The Hall–Kier alpha value is -3.58. The Labute approximate surface area is 165 Å². The molecule has 1 amide bonds. The zero-order chi connectivity index (χ0) is 19.5. The smallest absolute Gasteiger partial charge is 0.276 e. The molecule has 2 heterocycles. The summed E-state index contributed by atoms with van der Waals surface area (Å²) in [5, 5.41) is 10.0. The van der Waals surface area contributed by atoms with Gasteiger partial charge in [-0.05, 0) is 37.3 Å². The number of thiazole rings is 1. The van der Waals surface area contributed by atoms with Crippen molar-refractivity contribution in [3.8, 4) is 16.9 Å². The Balaban J connectivity index is 1.55. The monoisotopic (exact) mass is 388 g/mol. The number of aromatic nitrogens is 3. The highest BCUT2D eigenvalue weighted by atomic mass is 32.1. The van der Waals surface area contributed by atoms with E-state index >= 15 is 0 Å². The van der Waals surface area contributed by atoms with E-state index in [2.05, 4.69) is 15.4 Å². The van der Waals surface area contributed by atoms with Gasteiger partial charge in [-0.1, -0.05) is 30.3 Å². The molecule has 4 rings (SSSR count). The summed E-state index contributed by atoms with van der Waals surface area (Å²) in [6.45, 7) is 1.96. The molecule has 2 aromatic carbocycles. The third-order valence-corrected chi connectivity index (χ3v) is 4.86. The highest BCUT2D eigenvalue weighted by Crippen LogP contribution is 2.23. The first-order chi connectivity index (χ1) is 13.6. The molecule has 28 heavy (non-hydrogen) atoms. The van der Waals surface area contributed by atoms with Gasteiger partial charge in [0, 0.05) is 22.7 Å². The molecule has 0 bridgehead atoms. The Morgan fingerprint density at radius 3 is 2.43 bits per heavy atom. The van der Waals surface area contributed by atoms with Crippen molar-refractivity contribution >= 4 is 22.9 Å². The van der Waals surface area contributed by atoms with Crippen molar-refractivity contribution in [1.82, 2.24) is 14.8 Å². The van der Waals surface area contributed by atoms with Gasteiger partial charge in [0.25, 0.3) is 11.5 Å². The van der Waals surface area contributed by atoms with Crippen molar-refractivity contribution in [1.29, 1.82) is 0 Å². The van der Waals surface area contributed by atoms with Crippen LogP contribution < -0.4 is 10.9 Å². The van der Waals surface area contributed by atoms with Crippen LogP contribution in [0, 0.1) is 6.92 Å². The number of aryl methyl sites for hydroxylation is 1. The Morgan fingerprint density at radius 1 is 1.00 bits per heavy atom. The summed E-state index contributed by atoms with van der Waals surface area (Å²) < 4.78 is 1.21. The summed E-state index contributed by atoms with van der Waals surface area (Å²) in [4.78, 5) is 29.1. The van der Waals surface area contributed by atoms with Gasteiger partial charge < -0.3 is 5.32 Å². The van der Waals surface area contributed by atoms with E-state index in [0.29, 0.717) is 11.4 Å². The maximum Gasteiger partial charge on any atom is 0.276 e. The Kier molecular flexibility index (Phi) is 4.82. The number of carbonyl (C=O) groups is 1. The molecule has 0 saturated heterocycles. The molecule has 0 fully saturated rings. The minimum absolute atomic E-state index is 0.155. The van der Waals surface area contributed by atoms with Crippen LogP contribution in [0.4, 0.5) is 5.69 Å². The molecule has 1 N–H and O–H groups in total. The van der Waals surface area contributed by atoms with Crippen LogP contribution in [-0.4, -0.2) is 20.7 Å². The summed E-state index contributed by atoms with van der Waals surface area (Å²) in [6.07, 6.45) is 0. The van der Waals surface area contributed by atoms with Crippen molar-refractivity contribution in [2.24, 2.45) is 0 Å². The summed E-state index contributed by atoms with van der Waals surface area (Å²) in [5.74, 6) is -0.387. The molecule has 138 valence electrons. The molecule has 0 atom stereocenters. The third-order valence-electron chi connectivity index (χ3n) is 4.09. The first-order valence-electron chi connectivity index (χ1n) is 8.60. The van der Waals surface area contributed by atoms with Crippen LogP contribution in [-0.2, 0) is 0 Å². The van der Waals surface area contributed by atoms with Crippen molar-refractivity contribution < 1.29 is 4.79 Å². The molecule has 0 aliphatic rings. The predicted molar refractivity (Wildman–Crippen MR) is 110 cm³/mol. The number of para-hydroxylation sites is 1. The number of anilines is 1. The number of hydrogen-bond donors (Lipinski definition) is 1. The quantitative estimate of drug-likeness (QED) is 0.575. The van der Waals surface area contributed by atoms with Crippen LogP contribution in [0.3, 0.4) is 0 Å². The lowest BCUT2D eigenvalue weighted by Crippen LogP contribution is -2.24. The van der Waals surface area contributed by atoms with Gasteiger partial charge in [0.15, 0.2) is 0 Å². The standard InChI is InChI=1S/C21H16N4O2S/c1-14-22-19(13-28-14)15-7-9-16(10-8-15)23-21(27)18-11-12-20(26)25(24-18)17-5-3-2-4-6-17/h2-13H,1H3,(H,23,27). The first-order valence-corrected chi connectivity index (χ1v) is 9.48. The number of nitrogens with zero attached hydrogens (tertiary/aromatic N) is 3. The maximum atomic E-state index is 12.6. The number of carbonyl (C=O) groups excluding carboxylic acids is 1. The SMILES string of the molecule is Cc1nc(-c2ccc(NC(=O)c3ccc(=O)n(-c4ccccc4)n3)cc2)cs1. The van der Waals surface area contributed by atoms with Crippen LogP contribution in [0.2, 0.25) is 0 Å². The van der Waals surface area contributed by atoms with Gasteiger partial charge >= 0.3 is 0 Å². The average molecular weight is 388 g/mol. The fourth-order valence-electron chi connectivity index (χ4n) is 2.70. The van der Waals surface area contributed by atoms with Crippen LogP contribution in [0.1, 0.15) is 15.5 Å². The van der Waals surface area contributed by atoms with Crippen molar-refractivity contribution in [2.45, 2.75) is 6.92 Å². The van der Waals surface area contributed by atoms with Gasteiger partial charge in [0.1, 0.15) is 5.69 Å². The lowest BCUT2D eigenvalue weighted by Gasteiger charge is -2.08. The number of amides is 1. The maximum absolute atomic E-state index is 12.6. The molecule has 0 spiro atoms. The molecule has 4 aromatic rings. The zero-order valence-corrected chi connectivity index (χ0v) is 15.8. The lowest BCUT2D eigenvalue weighted by molar-refractivity contribution is 0.102. The largest absolute Gasteiger partial charge is 0.321 e. The topological polar surface area (TPSA) is 76.9 Å². The number of hydrogen-bond acceptors (Lipinski definition) is 5. The second-order valence-electron chi connectivity index (χ2n) is 6.09. The van der Waals surface area contributed by atoms with Crippen molar-refractivity contribution in [2.75, 3.05) is 5.32 Å². The van der Waals surface area contributed by atoms with Gasteiger partial charge in [-0.3, -0.25) is 9.59 Å². The molecular weight excluding hydrogens is 372 g/mol. The second kappa shape index (κ2) is 7.58. The van der Waals surface area contributed by atoms with Crippen molar-refractivity contribution in [3.63, 3.8) is 0 Å². The molecule has 0 radical (unpaired) electrons. The van der Waals surface area contributed by atoms with Gasteiger partial charge in [-0.25, -0.2) is 4.98 Å². The van der Waals surface area contributed by atoms with Crippen LogP contribution >= 0.6 is 11.3 Å². The molecule has 0 saturated carbocycles. The molecule has 6 nitrogen and oxygen atoms in total. The lowest BCUT2D eigenvalue weighted by atomic mass is 10.1. The molecule has 0 aliphatic carbocycles. The number of rotatable bonds is 4. The highest BCUT2D eigenvalue weighted by Gasteiger charge is 2.11. The van der Waals surface area contributed by atoms with Gasteiger partial charge in [0.05, 0.1) is 16.4 Å². The second-order valence-corrected chi connectivity index (χ2v) is 7.15. The van der Waals surface area contributed by atoms with Crippen LogP contribution in [0.25, 0.3) is 16.9 Å².